The van der Waals surface area contributed by atoms with Crippen molar-refractivity contribution in [1.82, 2.24) is 5.43 Å². The highest BCUT2D eigenvalue weighted by molar-refractivity contribution is 9.10. The van der Waals surface area contributed by atoms with Gasteiger partial charge in [-0.15, -0.1) is 0 Å². The summed E-state index contributed by atoms with van der Waals surface area (Å²) in [4.78, 5) is 12.5. The first-order valence-corrected chi connectivity index (χ1v) is 11.4. The third-order valence-electron chi connectivity index (χ3n) is 4.34. The van der Waals surface area contributed by atoms with Gasteiger partial charge in [-0.25, -0.2) is 13.8 Å². The molecule has 0 saturated carbocycles. The minimum absolute atomic E-state index is 0.0559. The van der Waals surface area contributed by atoms with E-state index in [1.165, 1.54) is 31.4 Å². The summed E-state index contributed by atoms with van der Waals surface area (Å²) >= 11 is 3.37. The summed E-state index contributed by atoms with van der Waals surface area (Å²) in [7, 11) is -2.48. The van der Waals surface area contributed by atoms with Crippen LogP contribution >= 0.6 is 15.9 Å². The molecular weight excluding hydrogens is 482 g/mol. The molecular formula is C22H20BrN3O4S. The zero-order valence-corrected chi connectivity index (χ0v) is 19.2. The van der Waals surface area contributed by atoms with E-state index in [1.807, 2.05) is 24.3 Å². The summed E-state index contributed by atoms with van der Waals surface area (Å²) in [5, 5.41) is 4.10. The summed E-state index contributed by atoms with van der Waals surface area (Å²) < 4.78 is 34.2. The molecule has 31 heavy (non-hydrogen) atoms. The molecule has 0 unspecified atom stereocenters. The van der Waals surface area contributed by atoms with Gasteiger partial charge in [0.15, 0.2) is 0 Å². The van der Waals surface area contributed by atoms with Crippen molar-refractivity contribution in [2.75, 3.05) is 11.8 Å². The number of halogens is 1. The fraction of sp³-hybridized carbons (Fsp3) is 0.0909. The topological polar surface area (TPSA) is 96.9 Å². The Hall–Kier alpha value is -3.17. The lowest BCUT2D eigenvalue weighted by Gasteiger charge is -2.12. The Balaban J connectivity index is 1.78. The summed E-state index contributed by atoms with van der Waals surface area (Å²) in [5.74, 6) is -0.136. The van der Waals surface area contributed by atoms with Gasteiger partial charge in [-0.05, 0) is 55.0 Å². The Kier molecular flexibility index (Phi) is 7.09. The molecule has 0 spiro atoms. The molecule has 0 bridgehead atoms. The van der Waals surface area contributed by atoms with Crippen LogP contribution in [0.15, 0.2) is 87.3 Å². The van der Waals surface area contributed by atoms with E-state index in [1.54, 1.807) is 31.2 Å². The van der Waals surface area contributed by atoms with Crippen molar-refractivity contribution in [2.45, 2.75) is 11.8 Å². The molecule has 3 aromatic rings. The first kappa shape index (κ1) is 22.5. The third-order valence-corrected chi connectivity index (χ3v) is 6.24. The fourth-order valence-electron chi connectivity index (χ4n) is 2.69. The van der Waals surface area contributed by atoms with Crippen LogP contribution in [-0.4, -0.2) is 27.1 Å². The second kappa shape index (κ2) is 9.76. The average Bonchev–Trinajstić information content (AvgIpc) is 2.78. The van der Waals surface area contributed by atoms with Gasteiger partial charge in [0.25, 0.3) is 15.9 Å². The van der Waals surface area contributed by atoms with Gasteiger partial charge in [-0.3, -0.25) is 9.52 Å². The monoisotopic (exact) mass is 501 g/mol. The smallest absolute Gasteiger partial charge is 0.271 e. The number of rotatable bonds is 7. The van der Waals surface area contributed by atoms with E-state index in [0.717, 1.165) is 10.0 Å². The number of para-hydroxylation sites is 2. The van der Waals surface area contributed by atoms with Gasteiger partial charge in [0.05, 0.1) is 23.4 Å². The van der Waals surface area contributed by atoms with E-state index in [-0.39, 0.29) is 10.5 Å². The highest BCUT2D eigenvalue weighted by Gasteiger charge is 2.18. The minimum Gasteiger partial charge on any atom is -0.495 e. The molecule has 0 aliphatic rings. The largest absolute Gasteiger partial charge is 0.495 e. The van der Waals surface area contributed by atoms with Crippen molar-refractivity contribution < 1.29 is 17.9 Å². The number of methoxy groups -OCH3 is 1. The van der Waals surface area contributed by atoms with Crippen LogP contribution in [0.4, 0.5) is 5.69 Å². The molecule has 0 fully saturated rings. The van der Waals surface area contributed by atoms with Crippen LogP contribution in [0.3, 0.4) is 0 Å². The Morgan fingerprint density at radius 2 is 1.68 bits per heavy atom. The number of amides is 1. The lowest BCUT2D eigenvalue weighted by molar-refractivity contribution is 0.0954. The van der Waals surface area contributed by atoms with Crippen molar-refractivity contribution in [2.24, 2.45) is 5.10 Å². The predicted molar refractivity (Wildman–Crippen MR) is 124 cm³/mol. The molecule has 0 heterocycles. The Labute approximate surface area is 189 Å². The average molecular weight is 502 g/mol. The summed E-state index contributed by atoms with van der Waals surface area (Å²) in [6.07, 6.45) is 0. The number of anilines is 1. The highest BCUT2D eigenvalue weighted by Crippen LogP contribution is 2.26. The maximum atomic E-state index is 12.8. The van der Waals surface area contributed by atoms with Crippen molar-refractivity contribution in [1.29, 1.82) is 0 Å². The molecule has 7 nitrogen and oxygen atoms in total. The number of nitrogens with zero attached hydrogens (tertiary/aromatic N) is 1. The van der Waals surface area contributed by atoms with E-state index in [0.29, 0.717) is 17.1 Å². The molecule has 0 radical (unpaired) electrons. The number of nitrogens with one attached hydrogen (secondary N) is 2. The zero-order chi connectivity index (χ0) is 22.4. The highest BCUT2D eigenvalue weighted by atomic mass is 79.9. The first-order chi connectivity index (χ1) is 14.8. The van der Waals surface area contributed by atoms with Crippen LogP contribution in [0.2, 0.25) is 0 Å². The van der Waals surface area contributed by atoms with Gasteiger partial charge in [-0.2, -0.15) is 5.10 Å². The lowest BCUT2D eigenvalue weighted by atomic mass is 10.1. The maximum absolute atomic E-state index is 12.8. The van der Waals surface area contributed by atoms with Crippen LogP contribution in [0.25, 0.3) is 0 Å². The molecule has 0 saturated heterocycles. The summed E-state index contributed by atoms with van der Waals surface area (Å²) in [5.41, 5.74) is 4.38. The van der Waals surface area contributed by atoms with E-state index >= 15 is 0 Å². The Morgan fingerprint density at radius 3 is 2.39 bits per heavy atom. The molecule has 9 heteroatoms. The first-order valence-electron chi connectivity index (χ1n) is 9.16. The fourth-order valence-corrected chi connectivity index (χ4v) is 4.07. The number of hydrogen-bond acceptors (Lipinski definition) is 5. The van der Waals surface area contributed by atoms with Crippen LogP contribution in [0, 0.1) is 0 Å². The molecule has 3 aromatic carbocycles. The van der Waals surface area contributed by atoms with Gasteiger partial charge in [-0.1, -0.05) is 46.3 Å². The summed E-state index contributed by atoms with van der Waals surface area (Å²) in [6, 6.07) is 19.9. The number of benzene rings is 3. The van der Waals surface area contributed by atoms with E-state index < -0.39 is 15.9 Å². The quantitative estimate of drug-likeness (QED) is 0.370. The molecule has 0 aromatic heterocycles. The van der Waals surface area contributed by atoms with Crippen molar-refractivity contribution >= 4 is 43.3 Å². The number of sulfonamides is 1. The second-order valence-corrected chi connectivity index (χ2v) is 9.08. The van der Waals surface area contributed by atoms with Crippen LogP contribution in [-0.2, 0) is 10.0 Å². The van der Waals surface area contributed by atoms with Crippen LogP contribution in [0.1, 0.15) is 22.8 Å². The molecule has 0 atom stereocenters. The lowest BCUT2D eigenvalue weighted by Crippen LogP contribution is -2.20. The number of ether oxygens (including phenoxy) is 1. The second-order valence-electron chi connectivity index (χ2n) is 6.48. The molecule has 0 aliphatic heterocycles. The number of hydrazone groups is 1. The molecule has 1 amide bonds. The van der Waals surface area contributed by atoms with Crippen molar-refractivity contribution in [3.8, 4) is 5.75 Å². The SMILES string of the molecule is COc1ccccc1NS(=O)(=O)c1cccc(C(=O)NN=C(C)c2ccc(Br)cc2)c1. The minimum atomic E-state index is -3.93. The standard InChI is InChI=1S/C22H20BrN3O4S/c1-15(16-10-12-18(23)13-11-16)24-25-22(27)17-6-5-7-19(14-17)31(28,29)26-20-8-3-4-9-21(20)30-2/h3-14,26H,1-2H3,(H,25,27). The van der Waals surface area contributed by atoms with Gasteiger partial charge in [0, 0.05) is 10.0 Å². The van der Waals surface area contributed by atoms with Crippen molar-refractivity contribution in [3.63, 3.8) is 0 Å². The number of carbonyl (C=O) groups is 1. The normalized spacial score (nSPS) is 11.6. The van der Waals surface area contributed by atoms with E-state index in [2.05, 4.69) is 31.2 Å². The molecule has 3 rings (SSSR count). The van der Waals surface area contributed by atoms with Gasteiger partial charge >= 0.3 is 0 Å². The van der Waals surface area contributed by atoms with Crippen LogP contribution < -0.4 is 14.9 Å². The van der Waals surface area contributed by atoms with Gasteiger partial charge in [0.1, 0.15) is 5.75 Å². The Morgan fingerprint density at radius 1 is 0.968 bits per heavy atom. The zero-order valence-electron chi connectivity index (χ0n) is 16.8. The van der Waals surface area contributed by atoms with Gasteiger partial charge in [0.2, 0.25) is 0 Å². The Bertz CT molecular complexity index is 1230. The van der Waals surface area contributed by atoms with Gasteiger partial charge < -0.3 is 4.74 Å². The maximum Gasteiger partial charge on any atom is 0.271 e. The predicted octanol–water partition coefficient (Wildman–Crippen LogP) is 4.41. The third kappa shape index (κ3) is 5.71. The van der Waals surface area contributed by atoms with Crippen molar-refractivity contribution in [3.05, 3.63) is 88.4 Å². The molecule has 0 aliphatic carbocycles. The molecule has 160 valence electrons. The van der Waals surface area contributed by atoms with E-state index in [9.17, 15) is 13.2 Å². The number of carbonyl (C=O) groups excluding carboxylic acids is 1. The summed E-state index contributed by atoms with van der Waals surface area (Å²) in [6.45, 7) is 1.77. The number of hydrogen-bond donors (Lipinski definition) is 2. The molecule has 2 N–H and O–H groups in total. The van der Waals surface area contributed by atoms with Crippen LogP contribution in [0.5, 0.6) is 5.75 Å². The van der Waals surface area contributed by atoms with E-state index in [4.69, 9.17) is 4.74 Å².